The number of aromatic nitrogens is 2. The van der Waals surface area contributed by atoms with E-state index in [-0.39, 0.29) is 53.7 Å². The van der Waals surface area contributed by atoms with Gasteiger partial charge in [0.25, 0.3) is 0 Å². The third kappa shape index (κ3) is 4.16. The summed E-state index contributed by atoms with van der Waals surface area (Å²) in [6.45, 7) is 1.87. The molecule has 8 heteroatoms. The summed E-state index contributed by atoms with van der Waals surface area (Å²) in [5.41, 5.74) is 7.37. The molecule has 1 saturated heterocycles. The van der Waals surface area contributed by atoms with Crippen molar-refractivity contribution < 1.29 is 10.2 Å². The van der Waals surface area contributed by atoms with Gasteiger partial charge in [-0.15, -0.1) is 24.8 Å². The van der Waals surface area contributed by atoms with E-state index < -0.39 is 0 Å². The molecule has 1 aliphatic heterocycles. The number of nitrogens with two attached hydrogens (primary N) is 1. The third-order valence-electron chi connectivity index (χ3n) is 3.76. The average molecular weight is 359 g/mol. The first kappa shape index (κ1) is 19.3. The number of benzene rings is 1. The maximum absolute atomic E-state index is 9.96. The number of nitrogen functional groups attached to an aromatic ring is 1. The van der Waals surface area contributed by atoms with E-state index in [2.05, 4.69) is 15.3 Å². The zero-order chi connectivity index (χ0) is 14.8. The van der Waals surface area contributed by atoms with Crippen molar-refractivity contribution in [3.05, 3.63) is 30.0 Å². The second-order valence-electron chi connectivity index (χ2n) is 5.25. The Balaban J connectivity index is 0.00000132. The summed E-state index contributed by atoms with van der Waals surface area (Å²) >= 11 is 0. The molecule has 0 amide bonds. The summed E-state index contributed by atoms with van der Waals surface area (Å²) < 4.78 is 0. The quantitative estimate of drug-likeness (QED) is 0.657. The average Bonchev–Trinajstić information content (AvgIpc) is 2.47. The highest BCUT2D eigenvalue weighted by Crippen LogP contribution is 2.37. The molecule has 0 aliphatic carbocycles. The van der Waals surface area contributed by atoms with Crippen molar-refractivity contribution in [2.24, 2.45) is 0 Å². The molecular weight excluding hydrogens is 339 g/mol. The molecule has 3 rings (SSSR count). The highest BCUT2D eigenvalue weighted by Gasteiger charge is 2.20. The SMILES string of the molecule is Cl.Cl.Nc1nc(-c2c(O)cccc2O)cc(C2CCCNC2)n1. The molecule has 1 aromatic heterocycles. The van der Waals surface area contributed by atoms with Crippen LogP contribution in [0.3, 0.4) is 0 Å². The summed E-state index contributed by atoms with van der Waals surface area (Å²) in [5, 5.41) is 23.3. The zero-order valence-corrected chi connectivity index (χ0v) is 14.0. The summed E-state index contributed by atoms with van der Waals surface area (Å²) in [7, 11) is 0. The van der Waals surface area contributed by atoms with Gasteiger partial charge >= 0.3 is 0 Å². The molecule has 2 heterocycles. The molecule has 5 N–H and O–H groups in total. The Morgan fingerprint density at radius 3 is 2.43 bits per heavy atom. The fourth-order valence-corrected chi connectivity index (χ4v) is 2.72. The van der Waals surface area contributed by atoms with Gasteiger partial charge in [0.2, 0.25) is 5.95 Å². The second-order valence-corrected chi connectivity index (χ2v) is 5.25. The number of halogens is 2. The minimum atomic E-state index is -0.0270. The highest BCUT2D eigenvalue weighted by molar-refractivity contribution is 5.85. The molecule has 2 aromatic rings. The molecule has 0 spiro atoms. The number of rotatable bonds is 2. The van der Waals surface area contributed by atoms with Crippen LogP contribution < -0.4 is 11.1 Å². The van der Waals surface area contributed by atoms with Gasteiger partial charge in [-0.3, -0.25) is 0 Å². The van der Waals surface area contributed by atoms with Crippen molar-refractivity contribution in [3.63, 3.8) is 0 Å². The Morgan fingerprint density at radius 1 is 1.13 bits per heavy atom. The van der Waals surface area contributed by atoms with Gasteiger partial charge in [-0.05, 0) is 37.6 Å². The van der Waals surface area contributed by atoms with Crippen LogP contribution in [0.25, 0.3) is 11.3 Å². The van der Waals surface area contributed by atoms with Gasteiger partial charge in [-0.25, -0.2) is 9.97 Å². The van der Waals surface area contributed by atoms with E-state index in [0.717, 1.165) is 31.6 Å². The van der Waals surface area contributed by atoms with Crippen molar-refractivity contribution in [3.8, 4) is 22.8 Å². The lowest BCUT2D eigenvalue weighted by molar-refractivity contribution is 0.452. The predicted octanol–water partition coefficient (Wildman–Crippen LogP) is 2.45. The zero-order valence-electron chi connectivity index (χ0n) is 12.4. The van der Waals surface area contributed by atoms with Crippen molar-refractivity contribution in [1.29, 1.82) is 0 Å². The smallest absolute Gasteiger partial charge is 0.220 e. The molecule has 0 saturated carbocycles. The number of piperidine rings is 1. The minimum absolute atomic E-state index is 0. The number of nitrogens with zero attached hydrogens (tertiary/aromatic N) is 2. The van der Waals surface area contributed by atoms with Crippen molar-refractivity contribution >= 4 is 30.8 Å². The Kier molecular flexibility index (Phi) is 6.87. The van der Waals surface area contributed by atoms with E-state index in [1.807, 2.05) is 0 Å². The van der Waals surface area contributed by atoms with Gasteiger partial charge in [0.1, 0.15) is 11.5 Å². The lowest BCUT2D eigenvalue weighted by Crippen LogP contribution is -2.29. The molecule has 1 fully saturated rings. The van der Waals surface area contributed by atoms with E-state index in [9.17, 15) is 10.2 Å². The van der Waals surface area contributed by atoms with E-state index in [1.54, 1.807) is 12.1 Å². The van der Waals surface area contributed by atoms with Gasteiger partial charge in [0.05, 0.1) is 17.0 Å². The normalized spacial score (nSPS) is 17.0. The van der Waals surface area contributed by atoms with Crippen LogP contribution in [-0.4, -0.2) is 33.3 Å². The van der Waals surface area contributed by atoms with E-state index in [4.69, 9.17) is 5.73 Å². The van der Waals surface area contributed by atoms with Crippen LogP contribution in [0, 0.1) is 0 Å². The van der Waals surface area contributed by atoms with Crippen LogP contribution in [0.1, 0.15) is 24.5 Å². The number of hydrogen-bond acceptors (Lipinski definition) is 6. The van der Waals surface area contributed by atoms with Gasteiger partial charge in [-0.1, -0.05) is 6.07 Å². The lowest BCUT2D eigenvalue weighted by Gasteiger charge is -2.22. The summed E-state index contributed by atoms with van der Waals surface area (Å²) in [6.07, 6.45) is 2.13. The molecule has 0 radical (unpaired) electrons. The molecule has 23 heavy (non-hydrogen) atoms. The molecule has 6 nitrogen and oxygen atoms in total. The monoisotopic (exact) mass is 358 g/mol. The van der Waals surface area contributed by atoms with Crippen LogP contribution in [0.5, 0.6) is 11.5 Å². The number of aromatic hydroxyl groups is 2. The van der Waals surface area contributed by atoms with Gasteiger partial charge in [0, 0.05) is 12.5 Å². The van der Waals surface area contributed by atoms with E-state index in [0.29, 0.717) is 5.69 Å². The minimum Gasteiger partial charge on any atom is -0.507 e. The number of nitrogens with one attached hydrogen (secondary N) is 1. The number of anilines is 1. The Morgan fingerprint density at radius 2 is 1.83 bits per heavy atom. The first-order valence-electron chi connectivity index (χ1n) is 7.01. The molecular formula is C15H20Cl2N4O2. The fourth-order valence-electron chi connectivity index (χ4n) is 2.72. The third-order valence-corrected chi connectivity index (χ3v) is 3.76. The Labute approximate surface area is 147 Å². The largest absolute Gasteiger partial charge is 0.507 e. The maximum Gasteiger partial charge on any atom is 0.220 e. The van der Waals surface area contributed by atoms with Crippen LogP contribution in [0.15, 0.2) is 24.3 Å². The summed E-state index contributed by atoms with van der Waals surface area (Å²) in [6, 6.07) is 6.39. The molecule has 1 unspecified atom stereocenters. The van der Waals surface area contributed by atoms with Crippen LogP contribution >= 0.6 is 24.8 Å². The molecule has 1 aromatic carbocycles. The number of phenolic OH excluding ortho intramolecular Hbond substituents is 2. The van der Waals surface area contributed by atoms with Crippen molar-refractivity contribution in [2.45, 2.75) is 18.8 Å². The van der Waals surface area contributed by atoms with Gasteiger partial charge in [-0.2, -0.15) is 0 Å². The first-order chi connectivity index (χ1) is 10.1. The highest BCUT2D eigenvalue weighted by atomic mass is 35.5. The first-order valence-corrected chi connectivity index (χ1v) is 7.01. The molecule has 1 atom stereocenters. The fraction of sp³-hybridized carbons (Fsp3) is 0.333. The predicted molar refractivity (Wildman–Crippen MR) is 94.6 cm³/mol. The molecule has 126 valence electrons. The maximum atomic E-state index is 9.96. The standard InChI is InChI=1S/C15H18N4O2.2ClH/c16-15-18-10(9-3-2-6-17-8-9)7-11(19-15)14-12(20)4-1-5-13(14)21;;/h1,4-5,7,9,17,20-21H,2-3,6,8H2,(H2,16,18,19);2*1H. The summed E-state index contributed by atoms with van der Waals surface area (Å²) in [4.78, 5) is 8.45. The molecule has 1 aliphatic rings. The Bertz CT molecular complexity index is 644. The number of hydrogen-bond donors (Lipinski definition) is 4. The van der Waals surface area contributed by atoms with Crippen molar-refractivity contribution in [1.82, 2.24) is 15.3 Å². The summed E-state index contributed by atoms with van der Waals surface area (Å²) in [5.74, 6) is 0.369. The topological polar surface area (TPSA) is 104 Å². The van der Waals surface area contributed by atoms with Crippen LogP contribution in [-0.2, 0) is 0 Å². The van der Waals surface area contributed by atoms with Gasteiger partial charge < -0.3 is 21.3 Å². The van der Waals surface area contributed by atoms with E-state index >= 15 is 0 Å². The second kappa shape index (κ2) is 8.19. The van der Waals surface area contributed by atoms with Gasteiger partial charge in [0.15, 0.2) is 0 Å². The van der Waals surface area contributed by atoms with Crippen LogP contribution in [0.2, 0.25) is 0 Å². The van der Waals surface area contributed by atoms with E-state index in [1.165, 1.54) is 12.1 Å². The number of phenols is 2. The Hall–Kier alpha value is -1.76. The lowest BCUT2D eigenvalue weighted by atomic mass is 9.95. The van der Waals surface area contributed by atoms with Crippen LogP contribution in [0.4, 0.5) is 5.95 Å². The molecule has 0 bridgehead atoms. The van der Waals surface area contributed by atoms with Crippen molar-refractivity contribution in [2.75, 3.05) is 18.8 Å².